The van der Waals surface area contributed by atoms with Gasteiger partial charge in [-0.25, -0.2) is 8.42 Å². The van der Waals surface area contributed by atoms with Crippen molar-refractivity contribution in [3.05, 3.63) is 47.5 Å². The number of aryl methyl sites for hydroxylation is 2. The molecule has 29 heavy (non-hydrogen) atoms. The number of carboxylic acid groups (broad SMARTS) is 1. The van der Waals surface area contributed by atoms with Crippen molar-refractivity contribution in [3.63, 3.8) is 0 Å². The Morgan fingerprint density at radius 2 is 1.31 bits per heavy atom. The Morgan fingerprint density at radius 1 is 0.793 bits per heavy atom. The number of rotatable bonds is 11. The van der Waals surface area contributed by atoms with Gasteiger partial charge in [-0.3, -0.25) is 4.79 Å². The Kier molecular flexibility index (Phi) is 7.12. The van der Waals surface area contributed by atoms with Gasteiger partial charge < -0.3 is 5.11 Å². The first-order valence-corrected chi connectivity index (χ1v) is 12.1. The standard InChI is InChI=1S/C24H30O4S/c1-2-3-4-5-6-7-9-18-12-14-22-20(16-18)21-17-19(10-8-11-24(25)26)13-15-23(21)29(22,27)28/h12-17H,2-11H2,1H3,(H,25,26). The lowest BCUT2D eigenvalue weighted by Crippen LogP contribution is -1.98. The van der Waals surface area contributed by atoms with E-state index in [4.69, 9.17) is 5.11 Å². The molecule has 2 aromatic rings. The van der Waals surface area contributed by atoms with Crippen molar-refractivity contribution in [2.24, 2.45) is 0 Å². The van der Waals surface area contributed by atoms with E-state index in [0.29, 0.717) is 22.6 Å². The van der Waals surface area contributed by atoms with Gasteiger partial charge in [-0.1, -0.05) is 51.2 Å². The minimum atomic E-state index is -3.46. The third kappa shape index (κ3) is 5.08. The fourth-order valence-electron chi connectivity index (χ4n) is 4.03. The average molecular weight is 415 g/mol. The van der Waals surface area contributed by atoms with E-state index in [0.717, 1.165) is 29.5 Å². The summed E-state index contributed by atoms with van der Waals surface area (Å²) in [5.74, 6) is -0.807. The highest BCUT2D eigenvalue weighted by Crippen LogP contribution is 2.44. The van der Waals surface area contributed by atoms with E-state index >= 15 is 0 Å². The number of carboxylic acids is 1. The van der Waals surface area contributed by atoms with Crippen LogP contribution < -0.4 is 0 Å². The smallest absolute Gasteiger partial charge is 0.303 e. The van der Waals surface area contributed by atoms with Gasteiger partial charge in [0.2, 0.25) is 9.84 Å². The van der Waals surface area contributed by atoms with E-state index in [1.54, 1.807) is 18.2 Å². The molecule has 0 aliphatic carbocycles. The number of hydrogen-bond acceptors (Lipinski definition) is 3. The SMILES string of the molecule is CCCCCCCCc1ccc2c(c1)-c1cc(CCCC(=O)O)ccc1S2(=O)=O. The molecule has 0 radical (unpaired) electrons. The quantitative estimate of drug-likeness (QED) is 0.402. The molecule has 4 nitrogen and oxygen atoms in total. The molecule has 0 saturated heterocycles. The van der Waals surface area contributed by atoms with Crippen LogP contribution in [0.1, 0.15) is 69.4 Å². The monoisotopic (exact) mass is 414 g/mol. The molecule has 0 fully saturated rings. The lowest BCUT2D eigenvalue weighted by Gasteiger charge is -2.06. The van der Waals surface area contributed by atoms with Crippen LogP contribution in [0.3, 0.4) is 0 Å². The molecule has 3 rings (SSSR count). The summed E-state index contributed by atoms with van der Waals surface area (Å²) in [6, 6.07) is 11.1. The van der Waals surface area contributed by atoms with Gasteiger partial charge >= 0.3 is 5.97 Å². The highest BCUT2D eigenvalue weighted by atomic mass is 32.2. The second kappa shape index (κ2) is 9.57. The predicted octanol–water partition coefficient (Wildman–Crippen LogP) is 5.81. The molecule has 1 aliphatic rings. The zero-order valence-corrected chi connectivity index (χ0v) is 17.9. The van der Waals surface area contributed by atoms with Crippen LogP contribution in [0.15, 0.2) is 46.2 Å². The minimum absolute atomic E-state index is 0.119. The summed E-state index contributed by atoms with van der Waals surface area (Å²) in [4.78, 5) is 11.5. The van der Waals surface area contributed by atoms with Gasteiger partial charge in [0.1, 0.15) is 0 Å². The summed E-state index contributed by atoms with van der Waals surface area (Å²) in [5.41, 5.74) is 3.72. The van der Waals surface area contributed by atoms with E-state index in [-0.39, 0.29) is 6.42 Å². The van der Waals surface area contributed by atoms with Crippen LogP contribution in [0.5, 0.6) is 0 Å². The molecule has 1 N–H and O–H groups in total. The van der Waals surface area contributed by atoms with Gasteiger partial charge in [0.15, 0.2) is 0 Å². The Balaban J connectivity index is 1.76. The van der Waals surface area contributed by atoms with Crippen LogP contribution in [0.4, 0.5) is 0 Å². The Bertz CT molecular complexity index is 976. The predicted molar refractivity (Wildman–Crippen MR) is 115 cm³/mol. The number of benzene rings is 2. The van der Waals surface area contributed by atoms with E-state index < -0.39 is 15.8 Å². The van der Waals surface area contributed by atoms with E-state index in [9.17, 15) is 13.2 Å². The Hall–Kier alpha value is -2.14. The molecule has 0 atom stereocenters. The molecular formula is C24H30O4S. The van der Waals surface area contributed by atoms with Crippen molar-refractivity contribution in [3.8, 4) is 11.1 Å². The molecule has 0 bridgehead atoms. The number of hydrogen-bond donors (Lipinski definition) is 1. The molecule has 2 aromatic carbocycles. The fraction of sp³-hybridized carbons (Fsp3) is 0.458. The molecule has 5 heteroatoms. The highest BCUT2D eigenvalue weighted by Gasteiger charge is 2.33. The van der Waals surface area contributed by atoms with Gasteiger partial charge in [0.25, 0.3) is 0 Å². The second-order valence-corrected chi connectivity index (χ2v) is 9.82. The molecule has 1 aliphatic heterocycles. The zero-order chi connectivity index (χ0) is 20.9. The normalized spacial score (nSPS) is 13.8. The van der Waals surface area contributed by atoms with Crippen molar-refractivity contribution in [1.82, 2.24) is 0 Å². The minimum Gasteiger partial charge on any atom is -0.481 e. The molecule has 0 saturated carbocycles. The largest absolute Gasteiger partial charge is 0.481 e. The highest BCUT2D eigenvalue weighted by molar-refractivity contribution is 7.92. The maximum atomic E-state index is 12.9. The Labute approximate surface area is 173 Å². The first-order chi connectivity index (χ1) is 13.9. The third-order valence-electron chi connectivity index (χ3n) is 5.63. The van der Waals surface area contributed by atoms with E-state index in [1.165, 1.54) is 37.7 Å². The van der Waals surface area contributed by atoms with Gasteiger partial charge in [-0.2, -0.15) is 0 Å². The molecule has 156 valence electrons. The zero-order valence-electron chi connectivity index (χ0n) is 17.1. The summed E-state index contributed by atoms with van der Waals surface area (Å²) in [7, 11) is -3.46. The maximum Gasteiger partial charge on any atom is 0.303 e. The van der Waals surface area contributed by atoms with Crippen LogP contribution >= 0.6 is 0 Å². The number of fused-ring (bicyclic) bond motifs is 3. The first kappa shape index (κ1) is 21.6. The van der Waals surface area contributed by atoms with Gasteiger partial charge in [0, 0.05) is 17.5 Å². The van der Waals surface area contributed by atoms with Crippen molar-refractivity contribution >= 4 is 15.8 Å². The summed E-state index contributed by atoms with van der Waals surface area (Å²) < 4.78 is 25.8. The van der Waals surface area contributed by atoms with Crippen molar-refractivity contribution < 1.29 is 18.3 Å². The third-order valence-corrected chi connectivity index (χ3v) is 7.50. The summed E-state index contributed by atoms with van der Waals surface area (Å²) in [6.45, 7) is 2.22. The number of aliphatic carboxylic acids is 1. The lowest BCUT2D eigenvalue weighted by atomic mass is 9.97. The number of carbonyl (C=O) groups is 1. The van der Waals surface area contributed by atoms with E-state index in [2.05, 4.69) is 6.92 Å². The maximum absolute atomic E-state index is 12.9. The molecular weight excluding hydrogens is 384 g/mol. The van der Waals surface area contributed by atoms with Crippen LogP contribution in [0, 0.1) is 0 Å². The van der Waals surface area contributed by atoms with Gasteiger partial charge in [0.05, 0.1) is 9.79 Å². The van der Waals surface area contributed by atoms with Crippen molar-refractivity contribution in [2.45, 2.75) is 80.9 Å². The first-order valence-electron chi connectivity index (χ1n) is 10.7. The second-order valence-electron chi connectivity index (χ2n) is 7.93. The fourth-order valence-corrected chi connectivity index (χ4v) is 5.67. The van der Waals surface area contributed by atoms with Crippen LogP contribution in [-0.4, -0.2) is 19.5 Å². The van der Waals surface area contributed by atoms with Crippen LogP contribution in [-0.2, 0) is 27.5 Å². The molecule has 0 spiro atoms. The molecule has 0 unspecified atom stereocenters. The van der Waals surface area contributed by atoms with Crippen LogP contribution in [0.25, 0.3) is 11.1 Å². The molecule has 0 aromatic heterocycles. The summed E-state index contributed by atoms with van der Waals surface area (Å²) >= 11 is 0. The van der Waals surface area contributed by atoms with Gasteiger partial charge in [-0.05, 0) is 61.1 Å². The molecule has 1 heterocycles. The van der Waals surface area contributed by atoms with Crippen LogP contribution in [0.2, 0.25) is 0 Å². The van der Waals surface area contributed by atoms with E-state index in [1.807, 2.05) is 18.2 Å². The van der Waals surface area contributed by atoms with Gasteiger partial charge in [-0.15, -0.1) is 0 Å². The topological polar surface area (TPSA) is 71.4 Å². The van der Waals surface area contributed by atoms with Crippen molar-refractivity contribution in [1.29, 1.82) is 0 Å². The lowest BCUT2D eigenvalue weighted by molar-refractivity contribution is -0.137. The Morgan fingerprint density at radius 3 is 1.86 bits per heavy atom. The molecule has 0 amide bonds. The summed E-state index contributed by atoms with van der Waals surface area (Å²) in [6.07, 6.45) is 9.68. The van der Waals surface area contributed by atoms with Crippen molar-refractivity contribution in [2.75, 3.05) is 0 Å². The summed E-state index contributed by atoms with van der Waals surface area (Å²) in [5, 5.41) is 8.83. The number of sulfone groups is 1. The average Bonchev–Trinajstić information content (AvgIpc) is 2.91. The number of unbranched alkanes of at least 4 members (excludes halogenated alkanes) is 5.